The Morgan fingerprint density at radius 3 is 2.33 bits per heavy atom. The summed E-state index contributed by atoms with van der Waals surface area (Å²) >= 11 is 0. The Balaban J connectivity index is 2.19. The molecule has 0 aliphatic carbocycles. The molecule has 0 bridgehead atoms. The van der Waals surface area contributed by atoms with E-state index in [9.17, 15) is 13.2 Å². The van der Waals surface area contributed by atoms with E-state index in [0.29, 0.717) is 0 Å². The Labute approximate surface area is 100 Å². The van der Waals surface area contributed by atoms with E-state index in [1.54, 1.807) is 0 Å². The van der Waals surface area contributed by atoms with Crippen LogP contribution in [0.4, 0.5) is 18.9 Å². The van der Waals surface area contributed by atoms with Crippen LogP contribution in [0.3, 0.4) is 0 Å². The summed E-state index contributed by atoms with van der Waals surface area (Å²) in [6, 6.07) is 4.24. The van der Waals surface area contributed by atoms with Crippen LogP contribution in [-0.2, 0) is 6.18 Å². The lowest BCUT2D eigenvalue weighted by atomic mass is 10.2. The zero-order valence-corrected chi connectivity index (χ0v) is 8.98. The van der Waals surface area contributed by atoms with E-state index in [4.69, 9.17) is 10.5 Å². The van der Waals surface area contributed by atoms with Crippen molar-refractivity contribution < 1.29 is 17.9 Å². The molecule has 0 saturated heterocycles. The lowest BCUT2D eigenvalue weighted by Crippen LogP contribution is -2.04. The van der Waals surface area contributed by atoms with Crippen molar-refractivity contribution in [2.75, 3.05) is 5.73 Å². The van der Waals surface area contributed by atoms with Crippen LogP contribution in [0.5, 0.6) is 11.6 Å². The molecule has 0 aliphatic rings. The highest BCUT2D eigenvalue weighted by molar-refractivity contribution is 5.47. The molecule has 0 radical (unpaired) electrons. The largest absolute Gasteiger partial charge is 0.437 e. The Morgan fingerprint density at radius 2 is 1.78 bits per heavy atom. The molecule has 1 heterocycles. The van der Waals surface area contributed by atoms with Crippen molar-refractivity contribution in [3.8, 4) is 11.6 Å². The summed E-state index contributed by atoms with van der Waals surface area (Å²) in [6.45, 7) is 0. The fourth-order valence-electron chi connectivity index (χ4n) is 1.24. The molecular formula is C11H8F3N3O. The van der Waals surface area contributed by atoms with Gasteiger partial charge in [0, 0.05) is 0 Å². The van der Waals surface area contributed by atoms with Gasteiger partial charge in [0.1, 0.15) is 17.8 Å². The van der Waals surface area contributed by atoms with Gasteiger partial charge in [-0.2, -0.15) is 18.2 Å². The van der Waals surface area contributed by atoms with Crippen LogP contribution in [0, 0.1) is 0 Å². The maximum Gasteiger partial charge on any atom is 0.416 e. The van der Waals surface area contributed by atoms with Crippen LogP contribution >= 0.6 is 0 Å². The molecule has 2 N–H and O–H groups in total. The SMILES string of the molecule is Nc1cncnc1Oc1ccc(C(F)(F)F)cc1. The zero-order chi connectivity index (χ0) is 13.2. The number of halogens is 3. The minimum absolute atomic E-state index is 0.102. The topological polar surface area (TPSA) is 61.0 Å². The highest BCUT2D eigenvalue weighted by Crippen LogP contribution is 2.31. The van der Waals surface area contributed by atoms with Gasteiger partial charge in [0.15, 0.2) is 0 Å². The first kappa shape index (κ1) is 12.2. The molecule has 4 nitrogen and oxygen atoms in total. The number of rotatable bonds is 2. The predicted molar refractivity (Wildman–Crippen MR) is 58.0 cm³/mol. The van der Waals surface area contributed by atoms with Crippen molar-refractivity contribution in [1.29, 1.82) is 0 Å². The van der Waals surface area contributed by atoms with Gasteiger partial charge < -0.3 is 10.5 Å². The summed E-state index contributed by atoms with van der Waals surface area (Å²) in [4.78, 5) is 7.43. The monoisotopic (exact) mass is 255 g/mol. The van der Waals surface area contributed by atoms with Crippen LogP contribution in [0.25, 0.3) is 0 Å². The Hall–Kier alpha value is -2.31. The van der Waals surface area contributed by atoms with Crippen molar-refractivity contribution in [2.45, 2.75) is 6.18 Å². The first-order valence-electron chi connectivity index (χ1n) is 4.87. The zero-order valence-electron chi connectivity index (χ0n) is 8.98. The molecule has 2 aromatic rings. The maximum atomic E-state index is 12.3. The molecule has 94 valence electrons. The molecule has 2 rings (SSSR count). The molecule has 7 heteroatoms. The van der Waals surface area contributed by atoms with Crippen LogP contribution in [0.15, 0.2) is 36.8 Å². The van der Waals surface area contributed by atoms with Crippen LogP contribution in [-0.4, -0.2) is 9.97 Å². The molecule has 0 unspecified atom stereocenters. The van der Waals surface area contributed by atoms with Crippen molar-refractivity contribution >= 4 is 5.69 Å². The van der Waals surface area contributed by atoms with E-state index in [1.165, 1.54) is 24.7 Å². The molecule has 0 amide bonds. The van der Waals surface area contributed by atoms with Gasteiger partial charge in [-0.1, -0.05) is 0 Å². The number of alkyl halides is 3. The van der Waals surface area contributed by atoms with E-state index in [0.717, 1.165) is 12.1 Å². The fraction of sp³-hybridized carbons (Fsp3) is 0.0909. The van der Waals surface area contributed by atoms with Gasteiger partial charge >= 0.3 is 6.18 Å². The Kier molecular flexibility index (Phi) is 3.05. The number of hydrogen-bond donors (Lipinski definition) is 1. The second kappa shape index (κ2) is 4.52. The van der Waals surface area contributed by atoms with Crippen molar-refractivity contribution in [1.82, 2.24) is 9.97 Å². The van der Waals surface area contributed by atoms with Crippen molar-refractivity contribution in [2.24, 2.45) is 0 Å². The molecular weight excluding hydrogens is 247 g/mol. The smallest absolute Gasteiger partial charge is 0.416 e. The van der Waals surface area contributed by atoms with E-state index < -0.39 is 11.7 Å². The summed E-state index contributed by atoms with van der Waals surface area (Å²) < 4.78 is 42.2. The second-order valence-electron chi connectivity index (χ2n) is 3.41. The van der Waals surface area contributed by atoms with Crippen molar-refractivity contribution in [3.05, 3.63) is 42.4 Å². The first-order valence-corrected chi connectivity index (χ1v) is 4.87. The van der Waals surface area contributed by atoms with Crippen LogP contribution < -0.4 is 10.5 Å². The third-order valence-corrected chi connectivity index (χ3v) is 2.10. The molecule has 0 atom stereocenters. The first-order chi connectivity index (χ1) is 8.47. The molecule has 18 heavy (non-hydrogen) atoms. The summed E-state index contributed by atoms with van der Waals surface area (Å²) in [7, 11) is 0. The molecule has 0 fully saturated rings. The lowest BCUT2D eigenvalue weighted by Gasteiger charge is -2.09. The quantitative estimate of drug-likeness (QED) is 0.896. The summed E-state index contributed by atoms with van der Waals surface area (Å²) in [6.07, 6.45) is -1.80. The van der Waals surface area contributed by atoms with E-state index in [2.05, 4.69) is 9.97 Å². The van der Waals surface area contributed by atoms with Gasteiger partial charge in [-0.05, 0) is 24.3 Å². The minimum Gasteiger partial charge on any atom is -0.437 e. The van der Waals surface area contributed by atoms with E-state index in [-0.39, 0.29) is 17.3 Å². The molecule has 1 aromatic heterocycles. The van der Waals surface area contributed by atoms with Gasteiger partial charge in [-0.15, -0.1) is 0 Å². The third kappa shape index (κ3) is 2.68. The number of benzene rings is 1. The van der Waals surface area contributed by atoms with Crippen LogP contribution in [0.2, 0.25) is 0 Å². The number of hydrogen-bond acceptors (Lipinski definition) is 4. The molecule has 0 saturated carbocycles. The average molecular weight is 255 g/mol. The van der Waals surface area contributed by atoms with Gasteiger partial charge in [-0.25, -0.2) is 4.98 Å². The normalized spacial score (nSPS) is 11.3. The number of aromatic nitrogens is 2. The number of nitrogens with two attached hydrogens (primary N) is 1. The number of nitrogen functional groups attached to an aromatic ring is 1. The maximum absolute atomic E-state index is 12.3. The predicted octanol–water partition coefficient (Wildman–Crippen LogP) is 2.87. The Morgan fingerprint density at radius 1 is 1.11 bits per heavy atom. The van der Waals surface area contributed by atoms with Gasteiger partial charge in [-0.3, -0.25) is 0 Å². The number of nitrogens with zero attached hydrogens (tertiary/aromatic N) is 2. The molecule has 0 aliphatic heterocycles. The second-order valence-corrected chi connectivity index (χ2v) is 3.41. The molecule has 0 spiro atoms. The lowest BCUT2D eigenvalue weighted by molar-refractivity contribution is -0.137. The third-order valence-electron chi connectivity index (χ3n) is 2.10. The standard InChI is InChI=1S/C11H8F3N3O/c12-11(13,14)7-1-3-8(4-2-7)18-10-9(15)5-16-6-17-10/h1-6H,15H2. The summed E-state index contributed by atoms with van der Waals surface area (Å²) in [5.74, 6) is 0.318. The summed E-state index contributed by atoms with van der Waals surface area (Å²) in [5, 5.41) is 0. The fourth-order valence-corrected chi connectivity index (χ4v) is 1.24. The number of ether oxygens (including phenoxy) is 1. The van der Waals surface area contributed by atoms with Crippen molar-refractivity contribution in [3.63, 3.8) is 0 Å². The van der Waals surface area contributed by atoms with Gasteiger partial charge in [0.05, 0.1) is 11.8 Å². The van der Waals surface area contributed by atoms with E-state index >= 15 is 0 Å². The van der Waals surface area contributed by atoms with Gasteiger partial charge in [0.2, 0.25) is 5.88 Å². The van der Waals surface area contributed by atoms with Crippen LogP contribution in [0.1, 0.15) is 5.56 Å². The highest BCUT2D eigenvalue weighted by atomic mass is 19.4. The minimum atomic E-state index is -4.37. The number of anilines is 1. The molecule has 1 aromatic carbocycles. The summed E-state index contributed by atoms with van der Waals surface area (Å²) in [5.41, 5.74) is 5.00. The van der Waals surface area contributed by atoms with Gasteiger partial charge in [0.25, 0.3) is 0 Å². The Bertz CT molecular complexity index is 540. The highest BCUT2D eigenvalue weighted by Gasteiger charge is 2.30. The van der Waals surface area contributed by atoms with E-state index in [1.807, 2.05) is 0 Å². The average Bonchev–Trinajstić information content (AvgIpc) is 2.32.